The number of fused-ring (bicyclic) bond motifs is 1. The van der Waals surface area contributed by atoms with Crippen molar-refractivity contribution < 1.29 is 9.90 Å². The lowest BCUT2D eigenvalue weighted by Gasteiger charge is -2.26. The van der Waals surface area contributed by atoms with Crippen molar-refractivity contribution in [3.63, 3.8) is 0 Å². The highest BCUT2D eigenvalue weighted by Gasteiger charge is 2.17. The summed E-state index contributed by atoms with van der Waals surface area (Å²) in [5.41, 5.74) is 1.34. The van der Waals surface area contributed by atoms with Gasteiger partial charge in [-0.2, -0.15) is 5.10 Å². The molecule has 0 saturated heterocycles. The van der Waals surface area contributed by atoms with Gasteiger partial charge in [-0.25, -0.2) is 14.5 Å². The van der Waals surface area contributed by atoms with E-state index in [1.165, 1.54) is 0 Å². The Morgan fingerprint density at radius 2 is 2.26 bits per heavy atom. The van der Waals surface area contributed by atoms with Crippen LogP contribution in [0.15, 0.2) is 30.6 Å². The Hall–Kier alpha value is -2.21. The minimum Gasteiger partial charge on any atom is -0.478 e. The Morgan fingerprint density at radius 3 is 3.11 bits per heavy atom. The van der Waals surface area contributed by atoms with Gasteiger partial charge in [-0.1, -0.05) is 12.1 Å². The van der Waals surface area contributed by atoms with Gasteiger partial charge in [-0.3, -0.25) is 4.90 Å². The number of carboxylic acids is 1. The highest BCUT2D eigenvalue weighted by molar-refractivity contribution is 5.87. The molecular weight excluding hydrogens is 244 g/mol. The zero-order valence-electron chi connectivity index (χ0n) is 10.4. The standard InChI is InChI=1S/C13H14N4O2/c18-13(19)11-3-1-2-10(6-11)7-16-4-5-17-12(8-16)14-9-15-17/h1-3,6,9H,4-5,7-8H2,(H,18,19). The molecule has 6 nitrogen and oxygen atoms in total. The van der Waals surface area contributed by atoms with E-state index in [2.05, 4.69) is 15.0 Å². The summed E-state index contributed by atoms with van der Waals surface area (Å²) in [7, 11) is 0. The minimum atomic E-state index is -0.889. The van der Waals surface area contributed by atoms with Crippen LogP contribution < -0.4 is 0 Å². The highest BCUT2D eigenvalue weighted by atomic mass is 16.4. The first kappa shape index (κ1) is 11.9. The smallest absolute Gasteiger partial charge is 0.335 e. The molecule has 19 heavy (non-hydrogen) atoms. The van der Waals surface area contributed by atoms with Crippen LogP contribution in [0.4, 0.5) is 0 Å². The summed E-state index contributed by atoms with van der Waals surface area (Å²) in [5, 5.41) is 13.1. The molecule has 1 N–H and O–H groups in total. The second-order valence-corrected chi connectivity index (χ2v) is 4.62. The van der Waals surface area contributed by atoms with E-state index >= 15 is 0 Å². The van der Waals surface area contributed by atoms with Crippen molar-refractivity contribution >= 4 is 5.97 Å². The molecule has 1 aromatic carbocycles. The maximum atomic E-state index is 10.9. The predicted molar refractivity (Wildman–Crippen MR) is 67.5 cm³/mol. The Morgan fingerprint density at radius 1 is 1.37 bits per heavy atom. The number of hydrogen-bond donors (Lipinski definition) is 1. The van der Waals surface area contributed by atoms with Gasteiger partial charge in [0.15, 0.2) is 0 Å². The number of carboxylic acid groups (broad SMARTS) is 1. The number of nitrogens with zero attached hydrogens (tertiary/aromatic N) is 4. The normalized spacial score (nSPS) is 15.2. The molecule has 1 aliphatic rings. The molecule has 0 spiro atoms. The van der Waals surface area contributed by atoms with Gasteiger partial charge in [-0.15, -0.1) is 0 Å². The fourth-order valence-corrected chi connectivity index (χ4v) is 2.31. The zero-order valence-corrected chi connectivity index (χ0v) is 10.4. The molecule has 0 radical (unpaired) electrons. The van der Waals surface area contributed by atoms with Gasteiger partial charge in [0.2, 0.25) is 0 Å². The number of aromatic nitrogens is 3. The van der Waals surface area contributed by atoms with Gasteiger partial charge in [0.1, 0.15) is 12.2 Å². The Bertz CT molecular complexity index is 608. The third-order valence-electron chi connectivity index (χ3n) is 3.27. The summed E-state index contributed by atoms with van der Waals surface area (Å²) in [6.45, 7) is 3.20. The monoisotopic (exact) mass is 258 g/mol. The van der Waals surface area contributed by atoms with Gasteiger partial charge in [-0.05, 0) is 17.7 Å². The van der Waals surface area contributed by atoms with Crippen LogP contribution in [-0.4, -0.2) is 37.3 Å². The van der Waals surface area contributed by atoms with E-state index in [1.54, 1.807) is 24.5 Å². The van der Waals surface area contributed by atoms with Gasteiger partial charge >= 0.3 is 5.97 Å². The topological polar surface area (TPSA) is 71.2 Å². The molecular formula is C13H14N4O2. The van der Waals surface area contributed by atoms with E-state index in [0.717, 1.165) is 37.6 Å². The molecule has 6 heteroatoms. The highest BCUT2D eigenvalue weighted by Crippen LogP contribution is 2.14. The number of aromatic carboxylic acids is 1. The van der Waals surface area contributed by atoms with E-state index in [9.17, 15) is 4.79 Å². The molecule has 1 aromatic heterocycles. The third kappa shape index (κ3) is 2.48. The van der Waals surface area contributed by atoms with Crippen molar-refractivity contribution in [3.8, 4) is 0 Å². The molecule has 2 aromatic rings. The second kappa shape index (κ2) is 4.81. The molecule has 0 atom stereocenters. The lowest BCUT2D eigenvalue weighted by Crippen LogP contribution is -2.33. The summed E-state index contributed by atoms with van der Waals surface area (Å²) < 4.78 is 1.91. The van der Waals surface area contributed by atoms with Crippen molar-refractivity contribution in [2.75, 3.05) is 6.54 Å². The Kier molecular flexibility index (Phi) is 3.00. The SMILES string of the molecule is O=C(O)c1cccc(CN2CCn3ncnc3C2)c1. The minimum absolute atomic E-state index is 0.331. The predicted octanol–water partition coefficient (Wildman–Crippen LogP) is 0.992. The van der Waals surface area contributed by atoms with Crippen molar-refractivity contribution in [1.82, 2.24) is 19.7 Å². The molecule has 2 heterocycles. The van der Waals surface area contributed by atoms with Crippen molar-refractivity contribution in [2.45, 2.75) is 19.6 Å². The zero-order chi connectivity index (χ0) is 13.2. The first-order valence-corrected chi connectivity index (χ1v) is 6.13. The number of hydrogen-bond acceptors (Lipinski definition) is 4. The van der Waals surface area contributed by atoms with Crippen molar-refractivity contribution in [2.24, 2.45) is 0 Å². The van der Waals surface area contributed by atoms with E-state index in [-0.39, 0.29) is 0 Å². The largest absolute Gasteiger partial charge is 0.478 e. The van der Waals surface area contributed by atoms with Crippen LogP contribution in [0.3, 0.4) is 0 Å². The van der Waals surface area contributed by atoms with Crippen LogP contribution in [-0.2, 0) is 19.6 Å². The number of rotatable bonds is 3. The van der Waals surface area contributed by atoms with Gasteiger partial charge in [0.25, 0.3) is 0 Å². The van der Waals surface area contributed by atoms with Crippen molar-refractivity contribution in [3.05, 3.63) is 47.5 Å². The quantitative estimate of drug-likeness (QED) is 0.889. The lowest BCUT2D eigenvalue weighted by atomic mass is 10.1. The first-order valence-electron chi connectivity index (χ1n) is 6.13. The van der Waals surface area contributed by atoms with Crippen LogP contribution >= 0.6 is 0 Å². The maximum absolute atomic E-state index is 10.9. The molecule has 1 aliphatic heterocycles. The number of carbonyl (C=O) groups is 1. The van der Waals surface area contributed by atoms with E-state index in [1.807, 2.05) is 10.7 Å². The van der Waals surface area contributed by atoms with Gasteiger partial charge in [0.05, 0.1) is 18.7 Å². The van der Waals surface area contributed by atoms with E-state index in [0.29, 0.717) is 5.56 Å². The maximum Gasteiger partial charge on any atom is 0.335 e. The molecule has 0 unspecified atom stereocenters. The van der Waals surface area contributed by atoms with Crippen LogP contribution in [0.2, 0.25) is 0 Å². The first-order chi connectivity index (χ1) is 9.22. The molecule has 0 fully saturated rings. The van der Waals surface area contributed by atoms with E-state index in [4.69, 9.17) is 5.11 Å². The molecule has 0 amide bonds. The summed E-state index contributed by atoms with van der Waals surface area (Å²) >= 11 is 0. The Labute approximate surface area is 110 Å². The van der Waals surface area contributed by atoms with Gasteiger partial charge < -0.3 is 5.11 Å². The molecule has 3 rings (SSSR count). The third-order valence-corrected chi connectivity index (χ3v) is 3.27. The molecule has 0 saturated carbocycles. The fraction of sp³-hybridized carbons (Fsp3) is 0.308. The molecule has 98 valence electrons. The summed E-state index contributed by atoms with van der Waals surface area (Å²) in [6, 6.07) is 7.07. The Balaban J connectivity index is 1.72. The summed E-state index contributed by atoms with van der Waals surface area (Å²) in [6.07, 6.45) is 1.57. The molecule has 0 aliphatic carbocycles. The average molecular weight is 258 g/mol. The van der Waals surface area contributed by atoms with Crippen LogP contribution in [0, 0.1) is 0 Å². The molecule has 0 bridgehead atoms. The second-order valence-electron chi connectivity index (χ2n) is 4.62. The average Bonchev–Trinajstić information content (AvgIpc) is 2.86. The number of benzene rings is 1. The fourth-order valence-electron chi connectivity index (χ4n) is 2.31. The lowest BCUT2D eigenvalue weighted by molar-refractivity contribution is 0.0696. The van der Waals surface area contributed by atoms with Crippen LogP contribution in [0.25, 0.3) is 0 Å². The summed E-state index contributed by atoms with van der Waals surface area (Å²) in [4.78, 5) is 17.4. The van der Waals surface area contributed by atoms with Gasteiger partial charge in [0, 0.05) is 13.1 Å². The van der Waals surface area contributed by atoms with Crippen molar-refractivity contribution in [1.29, 1.82) is 0 Å². The van der Waals surface area contributed by atoms with E-state index < -0.39 is 5.97 Å². The van der Waals surface area contributed by atoms with Crippen LogP contribution in [0.5, 0.6) is 0 Å². The van der Waals surface area contributed by atoms with Crippen LogP contribution in [0.1, 0.15) is 21.7 Å². The summed E-state index contributed by atoms with van der Waals surface area (Å²) in [5.74, 6) is 0.0703.